The highest BCUT2D eigenvalue weighted by Crippen LogP contribution is 2.47. The normalized spacial score (nSPS) is 20.4. The van der Waals surface area contributed by atoms with Crippen molar-refractivity contribution in [2.45, 2.75) is 82.9 Å². The van der Waals surface area contributed by atoms with Crippen molar-refractivity contribution in [2.75, 3.05) is 27.3 Å². The number of ketones is 1. The van der Waals surface area contributed by atoms with Gasteiger partial charge in [0, 0.05) is 73.1 Å². The third-order valence-corrected chi connectivity index (χ3v) is 12.3. The van der Waals surface area contributed by atoms with Crippen LogP contribution in [0.5, 0.6) is 17.4 Å². The van der Waals surface area contributed by atoms with Gasteiger partial charge in [-0.2, -0.15) is 0 Å². The number of benzene rings is 3. The second-order valence-corrected chi connectivity index (χ2v) is 16.0. The summed E-state index contributed by atoms with van der Waals surface area (Å²) in [6, 6.07) is 20.6. The summed E-state index contributed by atoms with van der Waals surface area (Å²) in [6.07, 6.45) is 8.11. The molecule has 1 amide bonds. The number of nitrogens with one attached hydrogen (secondary N) is 1. The summed E-state index contributed by atoms with van der Waals surface area (Å²) < 4.78 is 18.2. The number of ether oxygens (including phenoxy) is 3. The number of carbonyl (C=O) groups is 2. The summed E-state index contributed by atoms with van der Waals surface area (Å²) in [5.41, 5.74) is 8.21. The standard InChI is InChI=1S/C43H45Cl2N3O5/c1-51-38-21-39(35(44)20-26(38)6-3-7-28-13-17-40(50)46-28)53-37-16-14-31-30(8-4-9-32(31)37)33-10-5-11-34(41(33)45)36-15-12-27(42(47-36)52-2)23-48-24-43(25-48)19-18-29(49)22-43/h4-5,8-12,15,20-21,28,37H,3,6-7,13-14,16-19,22-25H2,1-2H3,(H,46,50)/t28-,37+/m1/s1. The van der Waals surface area contributed by atoms with Gasteiger partial charge < -0.3 is 19.5 Å². The number of aromatic nitrogens is 1. The van der Waals surface area contributed by atoms with Gasteiger partial charge in [-0.25, -0.2) is 4.98 Å². The molecule has 276 valence electrons. The molecule has 4 aliphatic rings. The largest absolute Gasteiger partial charge is 0.496 e. The first-order chi connectivity index (χ1) is 25.7. The maximum absolute atomic E-state index is 11.9. The highest BCUT2D eigenvalue weighted by molar-refractivity contribution is 6.36. The van der Waals surface area contributed by atoms with E-state index in [-0.39, 0.29) is 23.5 Å². The molecule has 8 nitrogen and oxygen atoms in total. The van der Waals surface area contributed by atoms with Crippen LogP contribution in [-0.2, 0) is 29.0 Å². The SMILES string of the molecule is COc1cc(O[C@H]2CCc3c(-c4cccc(-c5ccc(CN6CC7(CCC(=O)C7)C6)c(OC)n5)c4Cl)cccc32)c(Cl)cc1CCC[C@@H]1CCC(=O)N1. The molecule has 2 aliphatic carbocycles. The number of hydrogen-bond acceptors (Lipinski definition) is 7. The van der Waals surface area contributed by atoms with Gasteiger partial charge in [-0.05, 0) is 79.3 Å². The maximum atomic E-state index is 11.9. The first-order valence-electron chi connectivity index (χ1n) is 18.7. The Morgan fingerprint density at radius 3 is 2.45 bits per heavy atom. The van der Waals surface area contributed by atoms with Crippen molar-refractivity contribution in [1.29, 1.82) is 0 Å². The van der Waals surface area contributed by atoms with E-state index < -0.39 is 0 Å². The van der Waals surface area contributed by atoms with Crippen LogP contribution < -0.4 is 19.5 Å². The summed E-state index contributed by atoms with van der Waals surface area (Å²) in [4.78, 5) is 30.8. The molecule has 2 aliphatic heterocycles. The van der Waals surface area contributed by atoms with Crippen LogP contribution >= 0.6 is 23.2 Å². The van der Waals surface area contributed by atoms with Crippen LogP contribution in [0.2, 0.25) is 10.0 Å². The van der Waals surface area contributed by atoms with Crippen molar-refractivity contribution in [1.82, 2.24) is 15.2 Å². The summed E-state index contributed by atoms with van der Waals surface area (Å²) >= 11 is 14.1. The van der Waals surface area contributed by atoms with E-state index in [4.69, 9.17) is 42.4 Å². The quantitative estimate of drug-likeness (QED) is 0.155. The lowest BCUT2D eigenvalue weighted by atomic mass is 9.78. The van der Waals surface area contributed by atoms with E-state index in [1.807, 2.05) is 30.3 Å². The minimum Gasteiger partial charge on any atom is -0.496 e. The molecule has 53 heavy (non-hydrogen) atoms. The highest BCUT2D eigenvalue weighted by Gasteiger charge is 2.47. The fraction of sp³-hybridized carbons (Fsp3) is 0.419. The zero-order valence-electron chi connectivity index (χ0n) is 30.3. The molecule has 0 radical (unpaired) electrons. The van der Waals surface area contributed by atoms with Gasteiger partial charge in [-0.3, -0.25) is 14.5 Å². The van der Waals surface area contributed by atoms with Crippen molar-refractivity contribution in [3.05, 3.63) is 93.0 Å². The summed E-state index contributed by atoms with van der Waals surface area (Å²) in [5, 5.41) is 4.25. The molecule has 2 saturated heterocycles. The number of carbonyl (C=O) groups excluding carboxylic acids is 2. The molecule has 3 fully saturated rings. The topological polar surface area (TPSA) is 90.0 Å². The van der Waals surface area contributed by atoms with E-state index >= 15 is 0 Å². The van der Waals surface area contributed by atoms with Crippen molar-refractivity contribution >= 4 is 34.9 Å². The molecule has 0 unspecified atom stereocenters. The van der Waals surface area contributed by atoms with Gasteiger partial charge in [-0.1, -0.05) is 65.7 Å². The Hall–Kier alpha value is -4.11. The fourth-order valence-corrected chi connectivity index (χ4v) is 9.56. The van der Waals surface area contributed by atoms with Crippen LogP contribution in [0.3, 0.4) is 0 Å². The van der Waals surface area contributed by atoms with Gasteiger partial charge in [0.15, 0.2) is 0 Å². The Bertz CT molecular complexity index is 2060. The molecule has 1 spiro atoms. The summed E-state index contributed by atoms with van der Waals surface area (Å²) in [5.74, 6) is 2.49. The van der Waals surface area contributed by atoms with Crippen LogP contribution in [0.25, 0.3) is 22.4 Å². The molecule has 4 aromatic rings. The smallest absolute Gasteiger partial charge is 0.220 e. The average molecular weight is 755 g/mol. The van der Waals surface area contributed by atoms with Crippen LogP contribution in [-0.4, -0.2) is 54.9 Å². The Morgan fingerprint density at radius 2 is 1.70 bits per heavy atom. The molecular weight excluding hydrogens is 709 g/mol. The number of pyridine rings is 1. The van der Waals surface area contributed by atoms with E-state index in [2.05, 4.69) is 40.5 Å². The number of methoxy groups -OCH3 is 2. The molecule has 1 aromatic heterocycles. The first kappa shape index (κ1) is 35.9. The highest BCUT2D eigenvalue weighted by atomic mass is 35.5. The average Bonchev–Trinajstić information content (AvgIpc) is 3.87. The second kappa shape index (κ2) is 15.0. The molecule has 0 bridgehead atoms. The maximum Gasteiger partial charge on any atom is 0.220 e. The molecule has 3 aromatic carbocycles. The third-order valence-electron chi connectivity index (χ3n) is 11.6. The zero-order chi connectivity index (χ0) is 36.7. The Labute approximate surface area is 321 Å². The van der Waals surface area contributed by atoms with Gasteiger partial charge in [0.25, 0.3) is 0 Å². The lowest BCUT2D eigenvalue weighted by Gasteiger charge is -2.48. The predicted octanol–water partition coefficient (Wildman–Crippen LogP) is 8.96. The van der Waals surface area contributed by atoms with E-state index in [1.165, 1.54) is 5.56 Å². The van der Waals surface area contributed by atoms with Crippen LogP contribution in [0, 0.1) is 5.41 Å². The Kier molecular flexibility index (Phi) is 10.1. The molecule has 2 atom stereocenters. The third kappa shape index (κ3) is 7.26. The summed E-state index contributed by atoms with van der Waals surface area (Å²) in [7, 11) is 3.33. The number of Topliss-reactive ketones (excluding diaryl/α,β-unsaturated/α-hetero) is 1. The van der Waals surface area contributed by atoms with E-state index in [9.17, 15) is 9.59 Å². The van der Waals surface area contributed by atoms with E-state index in [1.54, 1.807) is 14.2 Å². The van der Waals surface area contributed by atoms with Crippen LogP contribution in [0.4, 0.5) is 0 Å². The molecule has 10 heteroatoms. The number of halogens is 2. The minimum absolute atomic E-state index is 0.144. The fourth-order valence-electron chi connectivity index (χ4n) is 9.01. The zero-order valence-corrected chi connectivity index (χ0v) is 31.8. The number of aryl methyl sites for hydroxylation is 1. The van der Waals surface area contributed by atoms with Gasteiger partial charge in [0.05, 0.1) is 30.0 Å². The lowest BCUT2D eigenvalue weighted by Crippen LogP contribution is -2.54. The molecular formula is C43H45Cl2N3O5. The predicted molar refractivity (Wildman–Crippen MR) is 207 cm³/mol. The van der Waals surface area contributed by atoms with Crippen molar-refractivity contribution in [3.63, 3.8) is 0 Å². The number of nitrogens with zero attached hydrogens (tertiary/aromatic N) is 2. The number of amides is 1. The first-order valence-corrected chi connectivity index (χ1v) is 19.5. The number of likely N-dealkylation sites (tertiary alicyclic amines) is 1. The minimum atomic E-state index is -0.167. The van der Waals surface area contributed by atoms with Crippen LogP contribution in [0.1, 0.15) is 79.7 Å². The second-order valence-electron chi connectivity index (χ2n) is 15.2. The summed E-state index contributed by atoms with van der Waals surface area (Å²) in [6.45, 7) is 2.63. The van der Waals surface area contributed by atoms with Crippen molar-refractivity contribution in [2.24, 2.45) is 5.41 Å². The Morgan fingerprint density at radius 1 is 0.887 bits per heavy atom. The van der Waals surface area contributed by atoms with E-state index in [0.717, 1.165) is 116 Å². The van der Waals surface area contributed by atoms with Gasteiger partial charge in [0.1, 0.15) is 23.4 Å². The van der Waals surface area contributed by atoms with Crippen molar-refractivity contribution in [3.8, 4) is 39.8 Å². The monoisotopic (exact) mass is 753 g/mol. The van der Waals surface area contributed by atoms with Gasteiger partial charge in [-0.15, -0.1) is 0 Å². The van der Waals surface area contributed by atoms with Crippen LogP contribution in [0.15, 0.2) is 60.7 Å². The lowest BCUT2D eigenvalue weighted by molar-refractivity contribution is -0.120. The molecule has 1 saturated carbocycles. The molecule has 3 heterocycles. The van der Waals surface area contributed by atoms with E-state index in [0.29, 0.717) is 40.3 Å². The number of fused-ring (bicyclic) bond motifs is 1. The number of rotatable bonds is 12. The van der Waals surface area contributed by atoms with Crippen molar-refractivity contribution < 1.29 is 23.8 Å². The van der Waals surface area contributed by atoms with Gasteiger partial charge >= 0.3 is 0 Å². The van der Waals surface area contributed by atoms with Gasteiger partial charge in [0.2, 0.25) is 11.8 Å². The molecule has 8 rings (SSSR count). The Balaban J connectivity index is 0.980. The molecule has 1 N–H and O–H groups in total. The number of hydrogen-bond donors (Lipinski definition) is 1.